The summed E-state index contributed by atoms with van der Waals surface area (Å²) in [6.07, 6.45) is 0.0131. The second-order valence-electron chi connectivity index (χ2n) is 5.58. The van der Waals surface area contributed by atoms with Crippen LogP contribution in [0.15, 0.2) is 24.4 Å². The maximum Gasteiger partial charge on any atom is 0.511 e. The number of benzene rings is 1. The lowest BCUT2D eigenvalue weighted by molar-refractivity contribution is 0.144. The molecule has 0 aliphatic rings. The molecule has 0 atom stereocenters. The van der Waals surface area contributed by atoms with Crippen molar-refractivity contribution in [2.75, 3.05) is 6.61 Å². The van der Waals surface area contributed by atoms with Crippen LogP contribution in [0.2, 0.25) is 5.02 Å². The Morgan fingerprint density at radius 3 is 2.78 bits per heavy atom. The van der Waals surface area contributed by atoms with Crippen molar-refractivity contribution in [3.8, 4) is 11.5 Å². The first kappa shape index (κ1) is 17.1. The van der Waals surface area contributed by atoms with Crippen LogP contribution >= 0.6 is 11.6 Å². The summed E-state index contributed by atoms with van der Waals surface area (Å²) in [6, 6.07) is 5.42. The van der Waals surface area contributed by atoms with Gasteiger partial charge in [-0.1, -0.05) is 25.4 Å². The predicted molar refractivity (Wildman–Crippen MR) is 86.5 cm³/mol. The van der Waals surface area contributed by atoms with E-state index in [-0.39, 0.29) is 5.75 Å². The first-order chi connectivity index (χ1) is 10.9. The first-order valence-corrected chi connectivity index (χ1v) is 7.59. The molecule has 1 aromatic carbocycles. The minimum absolute atomic E-state index is 0.212. The first-order valence-electron chi connectivity index (χ1n) is 7.21. The van der Waals surface area contributed by atoms with E-state index in [1.54, 1.807) is 17.7 Å². The van der Waals surface area contributed by atoms with Gasteiger partial charge in [-0.05, 0) is 31.0 Å². The third kappa shape index (κ3) is 4.63. The number of hydrogen-bond acceptors (Lipinski definition) is 4. The van der Waals surface area contributed by atoms with Gasteiger partial charge in [-0.3, -0.25) is 4.68 Å². The van der Waals surface area contributed by atoms with Crippen molar-refractivity contribution in [1.29, 1.82) is 0 Å². The minimum Gasteiger partial charge on any atom is -0.493 e. The van der Waals surface area contributed by atoms with Crippen molar-refractivity contribution in [3.63, 3.8) is 0 Å². The van der Waals surface area contributed by atoms with Gasteiger partial charge in [0, 0.05) is 10.6 Å². The largest absolute Gasteiger partial charge is 0.511 e. The fourth-order valence-corrected chi connectivity index (χ4v) is 2.21. The molecule has 0 amide bonds. The number of nitrogens with zero attached hydrogens (tertiary/aromatic N) is 2. The molecule has 1 heterocycles. The summed E-state index contributed by atoms with van der Waals surface area (Å²) < 4.78 is 12.1. The van der Waals surface area contributed by atoms with Gasteiger partial charge < -0.3 is 14.6 Å². The van der Waals surface area contributed by atoms with Crippen LogP contribution in [0.4, 0.5) is 4.79 Å². The summed E-state index contributed by atoms with van der Waals surface area (Å²) in [6.45, 7) is 6.89. The predicted octanol–water partition coefficient (Wildman–Crippen LogP) is 3.98. The lowest BCUT2D eigenvalue weighted by Crippen LogP contribution is -2.10. The molecule has 0 spiro atoms. The third-order valence-electron chi connectivity index (χ3n) is 3.17. The van der Waals surface area contributed by atoms with E-state index in [1.807, 2.05) is 12.1 Å². The molecule has 0 saturated carbocycles. The van der Waals surface area contributed by atoms with Crippen LogP contribution in [0.1, 0.15) is 25.1 Å². The SMILES string of the molecule is Cc1c(OC(=O)O)cnn1Cc1cc(Cl)ccc1OCC(C)C. The molecular formula is C16H19ClN2O4. The zero-order chi connectivity index (χ0) is 17.0. The average molecular weight is 339 g/mol. The molecule has 0 unspecified atom stereocenters. The fourth-order valence-electron chi connectivity index (χ4n) is 2.01. The number of halogens is 1. The molecule has 124 valence electrons. The molecule has 2 aromatic rings. The van der Waals surface area contributed by atoms with Gasteiger partial charge in [-0.25, -0.2) is 4.79 Å². The topological polar surface area (TPSA) is 73.6 Å². The molecule has 1 aromatic heterocycles. The number of hydrogen-bond donors (Lipinski definition) is 1. The van der Waals surface area contributed by atoms with E-state index in [0.717, 1.165) is 11.3 Å². The number of carboxylic acid groups (broad SMARTS) is 1. The van der Waals surface area contributed by atoms with Gasteiger partial charge in [0.1, 0.15) is 5.75 Å². The van der Waals surface area contributed by atoms with Gasteiger partial charge in [0.05, 0.1) is 25.0 Å². The molecule has 0 fully saturated rings. The molecule has 0 radical (unpaired) electrons. The van der Waals surface area contributed by atoms with E-state index in [4.69, 9.17) is 21.4 Å². The molecule has 0 aliphatic heterocycles. The Bertz CT molecular complexity index is 697. The van der Waals surface area contributed by atoms with Crippen molar-refractivity contribution in [1.82, 2.24) is 9.78 Å². The van der Waals surface area contributed by atoms with Gasteiger partial charge in [0.25, 0.3) is 0 Å². The molecule has 7 heteroatoms. The molecule has 0 aliphatic carbocycles. The van der Waals surface area contributed by atoms with Crippen LogP contribution in [0.25, 0.3) is 0 Å². The minimum atomic E-state index is -1.36. The van der Waals surface area contributed by atoms with Crippen LogP contribution in [-0.4, -0.2) is 27.6 Å². The summed E-state index contributed by atoms with van der Waals surface area (Å²) in [5.74, 6) is 1.35. The fraction of sp³-hybridized carbons (Fsp3) is 0.375. The standard InChI is InChI=1S/C16H19ClN2O4/c1-10(2)9-22-14-5-4-13(17)6-12(14)8-19-11(3)15(7-18-19)23-16(20)21/h4-7,10H,8-9H2,1-3H3,(H,20,21). The van der Waals surface area contributed by atoms with Gasteiger partial charge in [-0.15, -0.1) is 0 Å². The lowest BCUT2D eigenvalue weighted by atomic mass is 10.2. The Morgan fingerprint density at radius 1 is 1.39 bits per heavy atom. The highest BCUT2D eigenvalue weighted by molar-refractivity contribution is 6.30. The molecule has 23 heavy (non-hydrogen) atoms. The molecule has 1 N–H and O–H groups in total. The normalized spacial score (nSPS) is 10.8. The third-order valence-corrected chi connectivity index (χ3v) is 3.41. The molecular weight excluding hydrogens is 320 g/mol. The van der Waals surface area contributed by atoms with E-state index < -0.39 is 6.16 Å². The highest BCUT2D eigenvalue weighted by Gasteiger charge is 2.13. The maximum absolute atomic E-state index is 10.6. The Labute approximate surface area is 139 Å². The zero-order valence-corrected chi connectivity index (χ0v) is 14.0. The molecule has 2 rings (SSSR count). The number of ether oxygens (including phenoxy) is 2. The van der Waals surface area contributed by atoms with Gasteiger partial charge in [0.15, 0.2) is 5.75 Å². The van der Waals surface area contributed by atoms with Crippen LogP contribution < -0.4 is 9.47 Å². The summed E-state index contributed by atoms with van der Waals surface area (Å²) in [7, 11) is 0. The smallest absolute Gasteiger partial charge is 0.493 e. The molecule has 0 saturated heterocycles. The average Bonchev–Trinajstić information content (AvgIpc) is 2.79. The summed E-state index contributed by atoms with van der Waals surface area (Å²) in [5, 5.41) is 13.5. The maximum atomic E-state index is 10.6. The lowest BCUT2D eigenvalue weighted by Gasteiger charge is -2.14. The van der Waals surface area contributed by atoms with E-state index in [1.165, 1.54) is 6.20 Å². The Kier molecular flexibility index (Phi) is 5.50. The molecule has 6 nitrogen and oxygen atoms in total. The van der Waals surface area contributed by atoms with E-state index in [0.29, 0.717) is 29.8 Å². The second kappa shape index (κ2) is 7.37. The zero-order valence-electron chi connectivity index (χ0n) is 13.2. The molecule has 0 bridgehead atoms. The van der Waals surface area contributed by atoms with Crippen LogP contribution in [-0.2, 0) is 6.54 Å². The van der Waals surface area contributed by atoms with E-state index >= 15 is 0 Å². The number of carbonyl (C=O) groups is 1. The van der Waals surface area contributed by atoms with Crippen molar-refractivity contribution < 1.29 is 19.4 Å². The van der Waals surface area contributed by atoms with Gasteiger partial charge in [-0.2, -0.15) is 5.10 Å². The van der Waals surface area contributed by atoms with Crippen molar-refractivity contribution in [2.45, 2.75) is 27.3 Å². The van der Waals surface area contributed by atoms with Gasteiger partial charge >= 0.3 is 6.16 Å². The van der Waals surface area contributed by atoms with Gasteiger partial charge in [0.2, 0.25) is 0 Å². The van der Waals surface area contributed by atoms with Crippen molar-refractivity contribution in [3.05, 3.63) is 40.7 Å². The van der Waals surface area contributed by atoms with Crippen molar-refractivity contribution in [2.24, 2.45) is 5.92 Å². The summed E-state index contributed by atoms with van der Waals surface area (Å²) >= 11 is 6.07. The monoisotopic (exact) mass is 338 g/mol. The van der Waals surface area contributed by atoms with E-state index in [2.05, 4.69) is 23.7 Å². The van der Waals surface area contributed by atoms with Crippen LogP contribution in [0, 0.1) is 12.8 Å². The van der Waals surface area contributed by atoms with E-state index in [9.17, 15) is 4.79 Å². The quantitative estimate of drug-likeness (QED) is 0.806. The summed E-state index contributed by atoms with van der Waals surface area (Å²) in [4.78, 5) is 10.6. The Hall–Kier alpha value is -2.21. The Balaban J connectivity index is 2.23. The second-order valence-corrected chi connectivity index (χ2v) is 6.01. The number of aromatic nitrogens is 2. The Morgan fingerprint density at radius 2 is 2.13 bits per heavy atom. The van der Waals surface area contributed by atoms with Crippen LogP contribution in [0.3, 0.4) is 0 Å². The number of rotatable bonds is 6. The highest BCUT2D eigenvalue weighted by atomic mass is 35.5. The van der Waals surface area contributed by atoms with Crippen molar-refractivity contribution >= 4 is 17.8 Å². The highest BCUT2D eigenvalue weighted by Crippen LogP contribution is 2.26. The summed E-state index contributed by atoms with van der Waals surface area (Å²) in [5.41, 5.74) is 1.48. The van der Waals surface area contributed by atoms with Crippen LogP contribution in [0.5, 0.6) is 11.5 Å².